The van der Waals surface area contributed by atoms with Gasteiger partial charge in [0.15, 0.2) is 8.07 Å². The van der Waals surface area contributed by atoms with Gasteiger partial charge in [-0.15, -0.1) is 0 Å². The highest BCUT2D eigenvalue weighted by atomic mass is 28.3. The molecule has 4 heteroatoms. The van der Waals surface area contributed by atoms with Crippen molar-refractivity contribution >= 4 is 106 Å². The van der Waals surface area contributed by atoms with E-state index in [0.29, 0.717) is 0 Å². The molecule has 0 radical (unpaired) electrons. The number of furan rings is 1. The van der Waals surface area contributed by atoms with Gasteiger partial charge < -0.3 is 13.7 Å². The molecule has 3 heterocycles. The highest BCUT2D eigenvalue weighted by Gasteiger charge is 2.41. The Balaban J connectivity index is 0.876. The molecule has 3 aromatic heterocycles. The fourth-order valence-corrected chi connectivity index (χ4v) is 16.2. The van der Waals surface area contributed by atoms with Gasteiger partial charge in [-0.2, -0.15) is 0 Å². The summed E-state index contributed by atoms with van der Waals surface area (Å²) < 4.78 is 8.77. The molecule has 0 atom stereocenters. The van der Waals surface area contributed by atoms with E-state index in [4.69, 9.17) is 4.42 Å². The second-order valence-electron chi connectivity index (χ2n) is 18.4. The molecule has 14 aromatic rings. The molecule has 0 aliphatic heterocycles. The van der Waals surface area contributed by atoms with Gasteiger partial charge in [0.05, 0.1) is 16.6 Å². The molecule has 0 aliphatic rings. The first-order chi connectivity index (χ1) is 34.7. The number of aromatic nitrogens is 1. The van der Waals surface area contributed by atoms with Gasteiger partial charge in [0.1, 0.15) is 11.2 Å². The Bertz CT molecular complexity index is 4100. The molecule has 0 amide bonds. The summed E-state index contributed by atoms with van der Waals surface area (Å²) in [6, 6.07) is 98.1. The molecule has 3 nitrogen and oxygen atoms in total. The zero-order chi connectivity index (χ0) is 46.2. The van der Waals surface area contributed by atoms with Crippen LogP contribution in [0.3, 0.4) is 0 Å². The van der Waals surface area contributed by atoms with Gasteiger partial charge in [-0.25, -0.2) is 0 Å². The summed E-state index contributed by atoms with van der Waals surface area (Å²) in [4.78, 5) is 2.39. The summed E-state index contributed by atoms with van der Waals surface area (Å²) >= 11 is 0. The van der Waals surface area contributed by atoms with E-state index < -0.39 is 8.07 Å². The zero-order valence-electron chi connectivity index (χ0n) is 38.2. The predicted molar refractivity (Wildman–Crippen MR) is 298 cm³/mol. The first-order valence-electron chi connectivity index (χ1n) is 24.1. The Morgan fingerprint density at radius 3 is 1.33 bits per heavy atom. The van der Waals surface area contributed by atoms with Crippen molar-refractivity contribution in [3.05, 3.63) is 267 Å². The topological polar surface area (TPSA) is 20.8 Å². The smallest absolute Gasteiger partial charge is 0.179 e. The van der Waals surface area contributed by atoms with Crippen molar-refractivity contribution < 1.29 is 4.42 Å². The second kappa shape index (κ2) is 16.1. The highest BCUT2D eigenvalue weighted by molar-refractivity contribution is 7.19. The summed E-state index contributed by atoms with van der Waals surface area (Å²) in [6.07, 6.45) is 0. The number of hydrogen-bond donors (Lipinski definition) is 0. The van der Waals surface area contributed by atoms with Crippen LogP contribution in [0.5, 0.6) is 0 Å². The van der Waals surface area contributed by atoms with E-state index in [1.54, 1.807) is 0 Å². The van der Waals surface area contributed by atoms with Crippen LogP contribution in [-0.2, 0) is 0 Å². The SMILES string of the molecule is c1ccc([Si](c2ccccc2)(c2ccccc2)c2ccc(-c3ccc(N(c4ccc(-c5ccc6c(c5)oc5ccccc56)cc4)c4ccc5c6cccc7c8ccccc8n(c5c4)c76)cc3)cc2)cc1. The van der Waals surface area contributed by atoms with Crippen LogP contribution >= 0.6 is 0 Å². The maximum Gasteiger partial charge on any atom is 0.179 e. The average molecular weight is 909 g/mol. The van der Waals surface area contributed by atoms with Crippen molar-refractivity contribution in [2.24, 2.45) is 0 Å². The normalized spacial score (nSPS) is 12.0. The van der Waals surface area contributed by atoms with Crippen LogP contribution in [-0.4, -0.2) is 12.5 Å². The van der Waals surface area contributed by atoms with Crippen molar-refractivity contribution in [2.45, 2.75) is 0 Å². The number of benzene rings is 11. The van der Waals surface area contributed by atoms with E-state index in [0.717, 1.165) is 50.1 Å². The van der Waals surface area contributed by atoms with Crippen LogP contribution in [0.1, 0.15) is 0 Å². The quantitative estimate of drug-likeness (QED) is 0.106. The lowest BCUT2D eigenvalue weighted by Crippen LogP contribution is -2.74. The van der Waals surface area contributed by atoms with Crippen molar-refractivity contribution in [3.8, 4) is 22.3 Å². The van der Waals surface area contributed by atoms with Crippen LogP contribution in [0.15, 0.2) is 271 Å². The van der Waals surface area contributed by atoms with Gasteiger partial charge in [0, 0.05) is 49.4 Å². The molecule has 11 aromatic carbocycles. The highest BCUT2D eigenvalue weighted by Crippen LogP contribution is 2.43. The molecular formula is C66H44N2OSi. The van der Waals surface area contributed by atoms with Gasteiger partial charge in [0.25, 0.3) is 0 Å². The third-order valence-corrected chi connectivity index (χ3v) is 19.5. The molecule has 14 rings (SSSR count). The van der Waals surface area contributed by atoms with E-state index >= 15 is 0 Å². The maximum absolute atomic E-state index is 6.30. The van der Waals surface area contributed by atoms with Crippen LogP contribution in [0.4, 0.5) is 17.1 Å². The van der Waals surface area contributed by atoms with E-state index in [9.17, 15) is 0 Å². The van der Waals surface area contributed by atoms with Crippen LogP contribution in [0.25, 0.3) is 82.3 Å². The molecule has 70 heavy (non-hydrogen) atoms. The van der Waals surface area contributed by atoms with Crippen LogP contribution < -0.4 is 25.6 Å². The van der Waals surface area contributed by atoms with Crippen LogP contribution in [0, 0.1) is 0 Å². The summed E-state index contributed by atoms with van der Waals surface area (Å²) in [5, 5.41) is 12.8. The van der Waals surface area contributed by atoms with Gasteiger partial charge in [-0.3, -0.25) is 0 Å². The Labute approximate surface area is 406 Å². The minimum atomic E-state index is -2.64. The van der Waals surface area contributed by atoms with Gasteiger partial charge >= 0.3 is 0 Å². The Hall–Kier alpha value is -8.96. The third-order valence-electron chi connectivity index (χ3n) is 14.7. The number of nitrogens with zero attached hydrogens (tertiary/aromatic N) is 2. The summed E-state index contributed by atoms with van der Waals surface area (Å²) in [7, 11) is -2.64. The number of anilines is 3. The average Bonchev–Trinajstić information content (AvgIpc) is 4.10. The predicted octanol–water partition coefficient (Wildman–Crippen LogP) is 14.9. The summed E-state index contributed by atoms with van der Waals surface area (Å²) in [5.74, 6) is 0. The summed E-state index contributed by atoms with van der Waals surface area (Å²) in [6.45, 7) is 0. The van der Waals surface area contributed by atoms with Gasteiger partial charge in [0.2, 0.25) is 0 Å². The Morgan fingerprint density at radius 1 is 0.286 bits per heavy atom. The molecule has 0 unspecified atom stereocenters. The number of hydrogen-bond acceptors (Lipinski definition) is 2. The van der Waals surface area contributed by atoms with E-state index in [1.807, 2.05) is 12.1 Å². The molecular weight excluding hydrogens is 865 g/mol. The molecule has 0 N–H and O–H groups in total. The van der Waals surface area contributed by atoms with Gasteiger partial charge in [-0.1, -0.05) is 206 Å². The van der Waals surface area contributed by atoms with Crippen molar-refractivity contribution in [3.63, 3.8) is 0 Å². The van der Waals surface area contributed by atoms with E-state index in [-0.39, 0.29) is 0 Å². The number of rotatable bonds is 9. The first-order valence-corrected chi connectivity index (χ1v) is 26.1. The molecule has 0 aliphatic carbocycles. The molecule has 0 saturated heterocycles. The molecule has 0 spiro atoms. The lowest BCUT2D eigenvalue weighted by molar-refractivity contribution is 0.669. The second-order valence-corrected chi connectivity index (χ2v) is 22.2. The van der Waals surface area contributed by atoms with Gasteiger partial charge in [-0.05, 0) is 104 Å². The Kier molecular flexibility index (Phi) is 9.23. The first kappa shape index (κ1) is 40.1. The fourth-order valence-electron chi connectivity index (χ4n) is 11.5. The molecule has 0 bridgehead atoms. The molecule has 328 valence electrons. The van der Waals surface area contributed by atoms with Crippen molar-refractivity contribution in [1.29, 1.82) is 0 Å². The van der Waals surface area contributed by atoms with E-state index in [1.165, 1.54) is 70.0 Å². The zero-order valence-corrected chi connectivity index (χ0v) is 39.2. The number of fused-ring (bicyclic) bond motifs is 9. The van der Waals surface area contributed by atoms with Crippen molar-refractivity contribution in [2.75, 3.05) is 4.90 Å². The fraction of sp³-hybridized carbons (Fsp3) is 0. The number of para-hydroxylation sites is 3. The molecule has 0 fully saturated rings. The molecule has 0 saturated carbocycles. The monoisotopic (exact) mass is 908 g/mol. The standard InChI is InChI=1S/C66H44N2OSi/c1-4-15-52(16-5-1)70(53-17-6-2-7-18-53,54-19-8-3-9-20-54)55-39-31-46(32-40-55)45-27-34-49(35-28-45)67(50-36-29-47(30-37-50)48-33-41-59-58-22-11-13-26-64(58)69-65(59)43-48)51-38-42-57-61-24-14-23-60-56-21-10-12-25-62(56)68(66(60)61)63(57)44-51/h1-44H. The minimum absolute atomic E-state index is 0.898. The largest absolute Gasteiger partial charge is 0.456 e. The van der Waals surface area contributed by atoms with Crippen LogP contribution in [0.2, 0.25) is 0 Å². The summed E-state index contributed by atoms with van der Waals surface area (Å²) in [5.41, 5.74) is 13.4. The Morgan fingerprint density at radius 2 is 0.714 bits per heavy atom. The lowest BCUT2D eigenvalue weighted by atomic mass is 10.0. The van der Waals surface area contributed by atoms with Crippen molar-refractivity contribution in [1.82, 2.24) is 4.40 Å². The maximum atomic E-state index is 6.30. The van der Waals surface area contributed by atoms with E-state index in [2.05, 4.69) is 264 Å². The minimum Gasteiger partial charge on any atom is -0.456 e. The lowest BCUT2D eigenvalue weighted by Gasteiger charge is -2.34. The third kappa shape index (κ3) is 6.20.